The van der Waals surface area contributed by atoms with E-state index in [1.54, 1.807) is 13.2 Å². The van der Waals surface area contributed by atoms with Gasteiger partial charge < -0.3 is 10.1 Å². The van der Waals surface area contributed by atoms with E-state index in [1.165, 1.54) is 6.07 Å². The Bertz CT molecular complexity index is 1260. The number of methoxy groups -OCH3 is 1. The van der Waals surface area contributed by atoms with Gasteiger partial charge in [-0.05, 0) is 53.6 Å². The first-order chi connectivity index (χ1) is 14.5. The van der Waals surface area contributed by atoms with Crippen molar-refractivity contribution in [3.63, 3.8) is 0 Å². The summed E-state index contributed by atoms with van der Waals surface area (Å²) in [5.74, 6) is 0.374. The van der Waals surface area contributed by atoms with Gasteiger partial charge in [0.15, 0.2) is 0 Å². The first kappa shape index (κ1) is 19.4. The summed E-state index contributed by atoms with van der Waals surface area (Å²) in [6.07, 6.45) is 0. The molecule has 0 unspecified atom stereocenters. The van der Waals surface area contributed by atoms with Gasteiger partial charge in [-0.1, -0.05) is 36.4 Å². The molecule has 3 aromatic carbocycles. The number of aromatic amines is 1. The Balaban J connectivity index is 1.53. The largest absolute Gasteiger partial charge is 0.497 e. The summed E-state index contributed by atoms with van der Waals surface area (Å²) in [6.45, 7) is 1.88. The van der Waals surface area contributed by atoms with E-state index in [2.05, 4.69) is 15.5 Å². The number of amides is 1. The molecule has 0 aliphatic heterocycles. The number of fused-ring (bicyclic) bond motifs is 1. The van der Waals surface area contributed by atoms with E-state index in [4.69, 9.17) is 4.74 Å². The Labute approximate surface area is 173 Å². The van der Waals surface area contributed by atoms with Gasteiger partial charge in [0.2, 0.25) is 5.91 Å². The molecule has 0 saturated heterocycles. The molecule has 1 atom stereocenters. The highest BCUT2D eigenvalue weighted by Gasteiger charge is 2.16. The summed E-state index contributed by atoms with van der Waals surface area (Å²) < 4.78 is 5.27. The average molecular weight is 399 g/mol. The number of carbonyl (C=O) groups excluding carboxylic acids is 1. The topological polar surface area (TPSA) is 84.1 Å². The lowest BCUT2D eigenvalue weighted by Gasteiger charge is -2.14. The molecule has 0 saturated carbocycles. The third-order valence-corrected chi connectivity index (χ3v) is 5.07. The highest BCUT2D eigenvalue weighted by molar-refractivity contribution is 5.97. The highest BCUT2D eigenvalue weighted by atomic mass is 16.5. The van der Waals surface area contributed by atoms with Crippen molar-refractivity contribution in [3.05, 3.63) is 88.7 Å². The van der Waals surface area contributed by atoms with E-state index in [0.29, 0.717) is 11.4 Å². The minimum Gasteiger partial charge on any atom is -0.497 e. The lowest BCUT2D eigenvalue weighted by molar-refractivity contribution is -0.117. The number of nitrogens with one attached hydrogen (secondary N) is 2. The molecule has 4 rings (SSSR count). The van der Waals surface area contributed by atoms with E-state index < -0.39 is 0 Å². The number of aromatic nitrogens is 2. The number of ether oxygens (including phenoxy) is 1. The number of carbonyl (C=O) groups is 1. The Hall–Kier alpha value is -3.93. The number of nitrogens with zero attached hydrogens (tertiary/aromatic N) is 1. The van der Waals surface area contributed by atoms with Crippen molar-refractivity contribution in [2.24, 2.45) is 0 Å². The lowest BCUT2D eigenvalue weighted by Crippen LogP contribution is -2.18. The Morgan fingerprint density at radius 2 is 1.80 bits per heavy atom. The molecule has 0 bridgehead atoms. The Morgan fingerprint density at radius 3 is 2.57 bits per heavy atom. The molecule has 150 valence electrons. The summed E-state index contributed by atoms with van der Waals surface area (Å²) in [5.41, 5.74) is 2.78. The number of H-pyrrole nitrogens is 1. The van der Waals surface area contributed by atoms with Crippen LogP contribution in [-0.2, 0) is 4.79 Å². The van der Waals surface area contributed by atoms with Crippen molar-refractivity contribution in [2.75, 3.05) is 12.4 Å². The highest BCUT2D eigenvalue weighted by Crippen LogP contribution is 2.26. The monoisotopic (exact) mass is 399 g/mol. The van der Waals surface area contributed by atoms with Crippen LogP contribution in [0.15, 0.2) is 77.6 Å². The molecule has 0 fully saturated rings. The van der Waals surface area contributed by atoms with Crippen LogP contribution in [0, 0.1) is 0 Å². The SMILES string of the molecule is COc1ccc2cc([C@H](C)C(=O)Nc3cccc(-c4ccc(=O)[nH]n4)c3)ccc2c1. The summed E-state index contributed by atoms with van der Waals surface area (Å²) in [5, 5.41) is 11.5. The molecule has 6 heteroatoms. The van der Waals surface area contributed by atoms with Crippen LogP contribution in [0.1, 0.15) is 18.4 Å². The minimum absolute atomic E-state index is 0.102. The molecule has 1 aromatic heterocycles. The maximum absolute atomic E-state index is 12.8. The molecule has 6 nitrogen and oxygen atoms in total. The fraction of sp³-hybridized carbons (Fsp3) is 0.125. The second kappa shape index (κ2) is 8.21. The number of benzene rings is 3. The van der Waals surface area contributed by atoms with Crippen LogP contribution >= 0.6 is 0 Å². The zero-order chi connectivity index (χ0) is 21.1. The van der Waals surface area contributed by atoms with Crippen LogP contribution in [0.25, 0.3) is 22.0 Å². The molecule has 0 spiro atoms. The van der Waals surface area contributed by atoms with E-state index >= 15 is 0 Å². The molecular formula is C24H21N3O3. The zero-order valence-electron chi connectivity index (χ0n) is 16.7. The molecule has 1 amide bonds. The van der Waals surface area contributed by atoms with Gasteiger partial charge in [-0.15, -0.1) is 0 Å². The van der Waals surface area contributed by atoms with Crippen molar-refractivity contribution < 1.29 is 9.53 Å². The fourth-order valence-electron chi connectivity index (χ4n) is 3.30. The first-order valence-corrected chi connectivity index (χ1v) is 9.58. The van der Waals surface area contributed by atoms with Gasteiger partial charge in [0.25, 0.3) is 5.56 Å². The summed E-state index contributed by atoms with van der Waals surface area (Å²) >= 11 is 0. The van der Waals surface area contributed by atoms with E-state index in [1.807, 2.05) is 67.6 Å². The van der Waals surface area contributed by atoms with Crippen LogP contribution in [0.3, 0.4) is 0 Å². The molecule has 4 aromatic rings. The standard InChI is InChI=1S/C24H21N3O3/c1-15(16-6-7-18-14-21(30-2)9-8-17(18)12-16)24(29)25-20-5-3-4-19(13-20)22-10-11-23(28)27-26-22/h3-15H,1-2H3,(H,25,29)(H,27,28)/t15-/m0/s1. The summed E-state index contributed by atoms with van der Waals surface area (Å²) in [7, 11) is 1.64. The molecule has 0 aliphatic carbocycles. The van der Waals surface area contributed by atoms with Crippen LogP contribution in [0.4, 0.5) is 5.69 Å². The minimum atomic E-state index is -0.327. The van der Waals surface area contributed by atoms with Gasteiger partial charge in [-0.2, -0.15) is 5.10 Å². The predicted molar refractivity (Wildman–Crippen MR) is 118 cm³/mol. The summed E-state index contributed by atoms with van der Waals surface area (Å²) in [4.78, 5) is 24.1. The maximum Gasteiger partial charge on any atom is 0.264 e. The lowest BCUT2D eigenvalue weighted by atomic mass is 9.97. The van der Waals surface area contributed by atoms with Crippen LogP contribution in [-0.4, -0.2) is 23.2 Å². The third kappa shape index (κ3) is 4.07. The number of hydrogen-bond donors (Lipinski definition) is 2. The second-order valence-electron chi connectivity index (χ2n) is 7.07. The number of rotatable bonds is 5. The van der Waals surface area contributed by atoms with Crippen LogP contribution in [0.5, 0.6) is 5.75 Å². The Kier molecular flexibility index (Phi) is 5.30. The molecule has 30 heavy (non-hydrogen) atoms. The van der Waals surface area contributed by atoms with Crippen molar-refractivity contribution in [1.82, 2.24) is 10.2 Å². The van der Waals surface area contributed by atoms with Crippen molar-refractivity contribution in [1.29, 1.82) is 0 Å². The zero-order valence-corrected chi connectivity index (χ0v) is 16.7. The van der Waals surface area contributed by atoms with Crippen LogP contribution < -0.4 is 15.6 Å². The summed E-state index contributed by atoms with van der Waals surface area (Å²) in [6, 6.07) is 22.3. The van der Waals surface area contributed by atoms with E-state index in [-0.39, 0.29) is 17.4 Å². The van der Waals surface area contributed by atoms with E-state index in [9.17, 15) is 9.59 Å². The van der Waals surface area contributed by atoms with Crippen molar-refractivity contribution in [3.8, 4) is 17.0 Å². The number of hydrogen-bond acceptors (Lipinski definition) is 4. The van der Waals surface area contributed by atoms with Gasteiger partial charge in [0.05, 0.1) is 18.7 Å². The smallest absolute Gasteiger partial charge is 0.264 e. The average Bonchev–Trinajstić information content (AvgIpc) is 2.78. The maximum atomic E-state index is 12.8. The fourth-order valence-corrected chi connectivity index (χ4v) is 3.30. The normalized spacial score (nSPS) is 11.8. The molecule has 1 heterocycles. The van der Waals surface area contributed by atoms with Gasteiger partial charge in [0, 0.05) is 17.3 Å². The number of anilines is 1. The van der Waals surface area contributed by atoms with Gasteiger partial charge in [-0.25, -0.2) is 5.10 Å². The molecular weight excluding hydrogens is 378 g/mol. The van der Waals surface area contributed by atoms with Gasteiger partial charge >= 0.3 is 0 Å². The third-order valence-electron chi connectivity index (χ3n) is 5.07. The van der Waals surface area contributed by atoms with E-state index in [0.717, 1.165) is 27.6 Å². The van der Waals surface area contributed by atoms with Crippen molar-refractivity contribution in [2.45, 2.75) is 12.8 Å². The van der Waals surface area contributed by atoms with Crippen molar-refractivity contribution >= 4 is 22.4 Å². The van der Waals surface area contributed by atoms with Crippen LogP contribution in [0.2, 0.25) is 0 Å². The quantitative estimate of drug-likeness (QED) is 0.523. The molecule has 2 N–H and O–H groups in total. The van der Waals surface area contributed by atoms with Gasteiger partial charge in [0.1, 0.15) is 5.75 Å². The van der Waals surface area contributed by atoms with Gasteiger partial charge in [-0.3, -0.25) is 9.59 Å². The predicted octanol–water partition coefficient (Wildman–Crippen LogP) is 4.34. The second-order valence-corrected chi connectivity index (χ2v) is 7.07. The molecule has 0 aliphatic rings. The molecule has 0 radical (unpaired) electrons. The Morgan fingerprint density at radius 1 is 1.00 bits per heavy atom. The first-order valence-electron chi connectivity index (χ1n) is 9.58.